The predicted octanol–water partition coefficient (Wildman–Crippen LogP) is 1.80. The Labute approximate surface area is 179 Å². The number of carbonyl (C=O) groups excluding carboxylic acids is 3. The Morgan fingerprint density at radius 3 is 2.60 bits per heavy atom. The second-order valence-electron chi connectivity index (χ2n) is 7.10. The van der Waals surface area contributed by atoms with Crippen LogP contribution in [-0.4, -0.2) is 70.1 Å². The number of esters is 2. The summed E-state index contributed by atoms with van der Waals surface area (Å²) < 4.78 is 21.2. The molecule has 1 saturated heterocycles. The van der Waals surface area contributed by atoms with Crippen LogP contribution in [0.3, 0.4) is 0 Å². The highest BCUT2D eigenvalue weighted by molar-refractivity contribution is 8.04. The van der Waals surface area contributed by atoms with E-state index in [2.05, 4.69) is 6.07 Å². The maximum atomic E-state index is 12.4. The number of ether oxygens (including phenoxy) is 4. The number of thioether (sulfide) groups is 1. The quantitative estimate of drug-likeness (QED) is 0.347. The molecule has 9 heteroatoms. The normalized spacial score (nSPS) is 23.1. The second-order valence-corrected chi connectivity index (χ2v) is 8.14. The van der Waals surface area contributed by atoms with E-state index in [9.17, 15) is 14.4 Å². The standard InChI is InChI=1S/C21H25NO7S/c1-22(12-23)18(20(24)26-2)19(21(25)27-3)30-11-13-8-28-9-15(13)16-10-29-17-7-5-4-6-14(16)17/h4-7,12-13,15-16H,8-11H2,1-3H3/b19-18-. The van der Waals surface area contributed by atoms with E-state index in [0.29, 0.717) is 32.0 Å². The smallest absolute Gasteiger partial charge is 0.356 e. The highest BCUT2D eigenvalue weighted by Gasteiger charge is 2.40. The van der Waals surface area contributed by atoms with Crippen molar-refractivity contribution in [2.24, 2.45) is 11.8 Å². The number of hydrogen-bond acceptors (Lipinski definition) is 8. The van der Waals surface area contributed by atoms with Crippen LogP contribution >= 0.6 is 11.8 Å². The highest BCUT2D eigenvalue weighted by atomic mass is 32.2. The van der Waals surface area contributed by atoms with E-state index in [-0.39, 0.29) is 28.4 Å². The fourth-order valence-electron chi connectivity index (χ4n) is 3.83. The molecule has 30 heavy (non-hydrogen) atoms. The number of nitrogens with zero attached hydrogens (tertiary/aromatic N) is 1. The number of methoxy groups -OCH3 is 2. The van der Waals surface area contributed by atoms with Crippen molar-refractivity contribution in [3.05, 3.63) is 40.4 Å². The third kappa shape index (κ3) is 4.46. The first-order valence-corrected chi connectivity index (χ1v) is 10.5. The van der Waals surface area contributed by atoms with Crippen molar-refractivity contribution >= 4 is 30.1 Å². The van der Waals surface area contributed by atoms with Gasteiger partial charge >= 0.3 is 11.9 Å². The summed E-state index contributed by atoms with van der Waals surface area (Å²) in [7, 11) is 3.81. The van der Waals surface area contributed by atoms with Crippen molar-refractivity contribution in [1.82, 2.24) is 4.90 Å². The number of fused-ring (bicyclic) bond motifs is 1. The Morgan fingerprint density at radius 2 is 1.90 bits per heavy atom. The fraction of sp³-hybridized carbons (Fsp3) is 0.476. The van der Waals surface area contributed by atoms with E-state index in [4.69, 9.17) is 18.9 Å². The van der Waals surface area contributed by atoms with Crippen molar-refractivity contribution in [3.63, 3.8) is 0 Å². The molecule has 0 radical (unpaired) electrons. The second kappa shape index (κ2) is 9.99. The molecule has 3 atom stereocenters. The molecule has 2 aliphatic heterocycles. The Bertz CT molecular complexity index is 840. The van der Waals surface area contributed by atoms with Crippen molar-refractivity contribution in [2.45, 2.75) is 5.92 Å². The number of amides is 1. The molecule has 1 aromatic carbocycles. The average molecular weight is 435 g/mol. The molecule has 0 bridgehead atoms. The van der Waals surface area contributed by atoms with E-state index in [1.165, 1.54) is 38.6 Å². The summed E-state index contributed by atoms with van der Waals surface area (Å²) in [6.45, 7) is 1.74. The summed E-state index contributed by atoms with van der Waals surface area (Å²) in [5.41, 5.74) is 1.03. The molecule has 2 heterocycles. The van der Waals surface area contributed by atoms with Gasteiger partial charge in [-0.1, -0.05) is 18.2 Å². The lowest BCUT2D eigenvalue weighted by Crippen LogP contribution is -2.28. The molecule has 0 aliphatic carbocycles. The van der Waals surface area contributed by atoms with Crippen LogP contribution in [0.2, 0.25) is 0 Å². The molecular weight excluding hydrogens is 410 g/mol. The molecule has 0 spiro atoms. The van der Waals surface area contributed by atoms with Gasteiger partial charge in [-0.3, -0.25) is 4.79 Å². The van der Waals surface area contributed by atoms with E-state index >= 15 is 0 Å². The maximum absolute atomic E-state index is 12.4. The third-order valence-corrected chi connectivity index (χ3v) is 6.66. The van der Waals surface area contributed by atoms with Gasteiger partial charge in [-0.2, -0.15) is 0 Å². The van der Waals surface area contributed by atoms with Gasteiger partial charge in [0.2, 0.25) is 6.41 Å². The van der Waals surface area contributed by atoms with Crippen LogP contribution in [0.4, 0.5) is 0 Å². The number of rotatable bonds is 8. The Hall–Kier alpha value is -2.52. The van der Waals surface area contributed by atoms with Crippen LogP contribution in [0, 0.1) is 11.8 Å². The molecule has 0 N–H and O–H groups in total. The van der Waals surface area contributed by atoms with Crippen LogP contribution in [0.25, 0.3) is 0 Å². The summed E-state index contributed by atoms with van der Waals surface area (Å²) >= 11 is 1.17. The molecule has 3 rings (SSSR count). The number of para-hydroxylation sites is 1. The van der Waals surface area contributed by atoms with Gasteiger partial charge in [-0.25, -0.2) is 9.59 Å². The summed E-state index contributed by atoms with van der Waals surface area (Å²) in [6, 6.07) is 7.98. The number of likely N-dealkylation sites (N-methyl/N-ethyl adjacent to an activating group) is 1. The Balaban J connectivity index is 1.81. The van der Waals surface area contributed by atoms with Crippen LogP contribution in [0.5, 0.6) is 5.75 Å². The molecule has 8 nitrogen and oxygen atoms in total. The lowest BCUT2D eigenvalue weighted by molar-refractivity contribution is -0.141. The number of carbonyl (C=O) groups is 3. The molecule has 0 aromatic heterocycles. The van der Waals surface area contributed by atoms with Crippen LogP contribution in [-0.2, 0) is 28.6 Å². The molecule has 162 valence electrons. The third-order valence-electron chi connectivity index (χ3n) is 5.42. The predicted molar refractivity (Wildman–Crippen MR) is 110 cm³/mol. The van der Waals surface area contributed by atoms with E-state index in [1.54, 1.807) is 0 Å². The Kier molecular flexibility index (Phi) is 7.38. The zero-order chi connectivity index (χ0) is 21.7. The van der Waals surface area contributed by atoms with Crippen LogP contribution in [0.15, 0.2) is 34.9 Å². The first-order valence-electron chi connectivity index (χ1n) is 9.53. The lowest BCUT2D eigenvalue weighted by atomic mass is 9.82. The van der Waals surface area contributed by atoms with Gasteiger partial charge in [0.15, 0.2) is 5.70 Å². The van der Waals surface area contributed by atoms with Gasteiger partial charge in [-0.05, 0) is 17.9 Å². The minimum atomic E-state index is -0.783. The molecule has 3 unspecified atom stereocenters. The van der Waals surface area contributed by atoms with Gasteiger partial charge in [0.25, 0.3) is 0 Å². The van der Waals surface area contributed by atoms with Gasteiger partial charge in [0, 0.05) is 24.3 Å². The van der Waals surface area contributed by atoms with Gasteiger partial charge in [0.1, 0.15) is 10.7 Å². The van der Waals surface area contributed by atoms with Gasteiger partial charge < -0.3 is 23.8 Å². The largest absolute Gasteiger partial charge is 0.493 e. The molecule has 0 saturated carbocycles. The highest BCUT2D eigenvalue weighted by Crippen LogP contribution is 2.44. The minimum absolute atomic E-state index is 0.0349. The molecule has 1 amide bonds. The van der Waals surface area contributed by atoms with Crippen molar-refractivity contribution < 1.29 is 33.3 Å². The van der Waals surface area contributed by atoms with Gasteiger partial charge in [0.05, 0.1) is 34.0 Å². The fourth-order valence-corrected chi connectivity index (χ4v) is 5.12. The van der Waals surface area contributed by atoms with Crippen molar-refractivity contribution in [1.29, 1.82) is 0 Å². The lowest BCUT2D eigenvalue weighted by Gasteiger charge is -2.23. The van der Waals surface area contributed by atoms with E-state index in [1.807, 2.05) is 18.2 Å². The number of hydrogen-bond donors (Lipinski definition) is 0. The zero-order valence-corrected chi connectivity index (χ0v) is 18.0. The monoisotopic (exact) mass is 435 g/mol. The van der Waals surface area contributed by atoms with Crippen molar-refractivity contribution in [3.8, 4) is 5.75 Å². The zero-order valence-electron chi connectivity index (χ0n) is 17.2. The van der Waals surface area contributed by atoms with Crippen molar-refractivity contribution in [2.75, 3.05) is 46.8 Å². The molecule has 2 aliphatic rings. The average Bonchev–Trinajstić information content (AvgIpc) is 3.41. The van der Waals surface area contributed by atoms with Crippen LogP contribution < -0.4 is 4.74 Å². The molecule has 1 aromatic rings. The first-order chi connectivity index (χ1) is 14.5. The van der Waals surface area contributed by atoms with Gasteiger partial charge in [-0.15, -0.1) is 11.8 Å². The van der Waals surface area contributed by atoms with Crippen LogP contribution in [0.1, 0.15) is 11.5 Å². The Morgan fingerprint density at radius 1 is 1.17 bits per heavy atom. The number of benzene rings is 1. The molecular formula is C21H25NO7S. The summed E-state index contributed by atoms with van der Waals surface area (Å²) in [5.74, 6) is 0.490. The summed E-state index contributed by atoms with van der Waals surface area (Å²) in [4.78, 5) is 37.0. The minimum Gasteiger partial charge on any atom is -0.493 e. The maximum Gasteiger partial charge on any atom is 0.356 e. The SMILES string of the molecule is COC(=O)/C(SCC1COCC1C1COc2ccccc21)=C(\C(=O)OC)N(C)C=O. The summed E-state index contributed by atoms with van der Waals surface area (Å²) in [6.07, 6.45) is 0.448. The molecule has 1 fully saturated rings. The summed E-state index contributed by atoms with van der Waals surface area (Å²) in [5, 5.41) is 0. The van der Waals surface area contributed by atoms with E-state index in [0.717, 1.165) is 10.6 Å². The topological polar surface area (TPSA) is 91.4 Å². The van der Waals surface area contributed by atoms with E-state index < -0.39 is 11.9 Å². The first kappa shape index (κ1) is 22.2.